The van der Waals surface area contributed by atoms with Crippen molar-refractivity contribution in [1.29, 1.82) is 0 Å². The van der Waals surface area contributed by atoms with Gasteiger partial charge in [0, 0.05) is 52.6 Å². The van der Waals surface area contributed by atoms with Crippen LogP contribution in [0.3, 0.4) is 0 Å². The third-order valence-corrected chi connectivity index (χ3v) is 8.98. The van der Waals surface area contributed by atoms with E-state index < -0.39 is 11.9 Å². The summed E-state index contributed by atoms with van der Waals surface area (Å²) in [6.07, 6.45) is 7.17. The van der Waals surface area contributed by atoms with Crippen LogP contribution >= 0.6 is 0 Å². The highest BCUT2D eigenvalue weighted by Gasteiger charge is 2.21. The second-order valence-electron chi connectivity index (χ2n) is 12.2. The van der Waals surface area contributed by atoms with Gasteiger partial charge in [0.05, 0.1) is 22.8 Å². The van der Waals surface area contributed by atoms with E-state index in [4.69, 9.17) is 9.97 Å². The highest BCUT2D eigenvalue weighted by atomic mass is 16.4. The zero-order valence-corrected chi connectivity index (χ0v) is 28.9. The third kappa shape index (κ3) is 8.14. The van der Waals surface area contributed by atoms with Crippen molar-refractivity contribution in [3.8, 4) is 0 Å². The summed E-state index contributed by atoms with van der Waals surface area (Å²) < 4.78 is 0. The molecule has 0 spiro atoms. The van der Waals surface area contributed by atoms with Crippen molar-refractivity contribution >= 4 is 68.8 Å². The minimum Gasteiger partial charge on any atom is -0.481 e. The molecule has 8 bridgehead atoms. The van der Waals surface area contributed by atoms with Gasteiger partial charge in [-0.05, 0) is 105 Å². The van der Waals surface area contributed by atoms with Gasteiger partial charge >= 0.3 is 11.9 Å². The van der Waals surface area contributed by atoms with Crippen molar-refractivity contribution in [3.63, 3.8) is 0 Å². The van der Waals surface area contributed by atoms with Crippen LogP contribution in [-0.2, 0) is 20.8 Å². The average Bonchev–Trinajstić information content (AvgIpc) is 3.72. The van der Waals surface area contributed by atoms with Gasteiger partial charge in [-0.25, -0.2) is 9.97 Å². The number of aromatic nitrogens is 4. The van der Waals surface area contributed by atoms with Crippen LogP contribution in [0.4, 0.5) is 0 Å². The zero-order valence-electron chi connectivity index (χ0n) is 28.9. The molecule has 2 aliphatic heterocycles. The van der Waals surface area contributed by atoms with Crippen molar-refractivity contribution in [2.24, 2.45) is 0 Å². The number of amides is 1. The number of nitrogens with one attached hydrogen (secondary N) is 3. The first-order chi connectivity index (χ1) is 23.4. The molecule has 0 radical (unpaired) electrons. The molecule has 0 saturated carbocycles. The van der Waals surface area contributed by atoms with Gasteiger partial charge in [0.15, 0.2) is 0 Å². The van der Waals surface area contributed by atoms with Crippen LogP contribution in [0.1, 0.15) is 97.9 Å². The first-order valence-corrected chi connectivity index (χ1v) is 16.5. The summed E-state index contributed by atoms with van der Waals surface area (Å²) in [6.45, 7) is 19.0. The average molecular weight is 664 g/mol. The van der Waals surface area contributed by atoms with Crippen LogP contribution in [0.25, 0.3) is 50.4 Å². The number of unbranched alkanes of at least 4 members (excludes halogenated alkanes) is 1. The monoisotopic (exact) mass is 663 g/mol. The van der Waals surface area contributed by atoms with Gasteiger partial charge in [-0.15, -0.1) is 0 Å². The van der Waals surface area contributed by atoms with E-state index in [0.29, 0.717) is 18.5 Å². The van der Waals surface area contributed by atoms with E-state index in [1.54, 1.807) is 6.08 Å². The van der Waals surface area contributed by atoms with Crippen LogP contribution in [0, 0.1) is 13.8 Å². The Morgan fingerprint density at radius 3 is 1.98 bits per heavy atom. The van der Waals surface area contributed by atoms with Gasteiger partial charge in [-0.1, -0.05) is 38.7 Å². The van der Waals surface area contributed by atoms with Crippen molar-refractivity contribution in [3.05, 3.63) is 88.5 Å². The molecule has 5 heterocycles. The van der Waals surface area contributed by atoms with E-state index >= 15 is 0 Å². The quantitative estimate of drug-likeness (QED) is 0.0968. The Labute approximate surface area is 286 Å². The smallest absolute Gasteiger partial charge is 0.303 e. The fourth-order valence-corrected chi connectivity index (χ4v) is 6.11. The number of carboxylic acid groups (broad SMARTS) is 2. The SMILES string of the molecule is C=CC1=C(C)c2cc3[nH]c(cc4nc(cc5[nH]c(cc1n2)c(C)c5CCC(=O)O)C(CCC(=O)O)=C4C)c(C)c3C=C.CCCCNC=O. The van der Waals surface area contributed by atoms with Crippen molar-refractivity contribution in [2.75, 3.05) is 6.54 Å². The van der Waals surface area contributed by atoms with Gasteiger partial charge in [-0.2, -0.15) is 0 Å². The van der Waals surface area contributed by atoms with Crippen molar-refractivity contribution < 1.29 is 24.6 Å². The van der Waals surface area contributed by atoms with E-state index in [9.17, 15) is 24.6 Å². The third-order valence-electron chi connectivity index (χ3n) is 8.98. The Balaban J connectivity index is 0.000000698. The van der Waals surface area contributed by atoms with Crippen LogP contribution in [0.15, 0.2) is 43.5 Å². The zero-order chi connectivity index (χ0) is 35.8. The predicted octanol–water partition coefficient (Wildman–Crippen LogP) is 8.04. The topological polar surface area (TPSA) is 161 Å². The van der Waals surface area contributed by atoms with E-state index in [2.05, 4.69) is 35.4 Å². The molecular formula is C39H45N5O5. The molecule has 5 rings (SSSR count). The molecule has 256 valence electrons. The maximum absolute atomic E-state index is 11.5. The first kappa shape index (κ1) is 36.3. The molecule has 1 amide bonds. The summed E-state index contributed by atoms with van der Waals surface area (Å²) in [5, 5.41) is 21.5. The summed E-state index contributed by atoms with van der Waals surface area (Å²) in [5.74, 6) is -1.76. The van der Waals surface area contributed by atoms with Gasteiger partial charge in [0.25, 0.3) is 0 Å². The molecule has 2 aliphatic rings. The van der Waals surface area contributed by atoms with Gasteiger partial charge in [-0.3, -0.25) is 14.4 Å². The summed E-state index contributed by atoms with van der Waals surface area (Å²) in [5.41, 5.74) is 13.7. The van der Waals surface area contributed by atoms with Crippen LogP contribution in [0.5, 0.6) is 0 Å². The number of aromatic amines is 2. The molecule has 49 heavy (non-hydrogen) atoms. The summed E-state index contributed by atoms with van der Waals surface area (Å²) in [7, 11) is 0. The lowest BCUT2D eigenvalue weighted by atomic mass is 10.0. The van der Waals surface area contributed by atoms with Crippen LogP contribution in [-0.4, -0.2) is 55.0 Å². The molecule has 3 aromatic heterocycles. The van der Waals surface area contributed by atoms with E-state index in [0.717, 1.165) is 109 Å². The number of aliphatic carboxylic acids is 2. The maximum Gasteiger partial charge on any atom is 0.303 e. The Kier molecular flexibility index (Phi) is 11.9. The second-order valence-corrected chi connectivity index (χ2v) is 12.2. The summed E-state index contributed by atoms with van der Waals surface area (Å²) in [4.78, 5) is 49.6. The number of hydrogen-bond acceptors (Lipinski definition) is 5. The molecule has 10 heteroatoms. The van der Waals surface area contributed by atoms with E-state index in [-0.39, 0.29) is 12.8 Å². The van der Waals surface area contributed by atoms with Crippen LogP contribution in [0.2, 0.25) is 0 Å². The number of allylic oxidation sites excluding steroid dienone is 5. The lowest BCUT2D eigenvalue weighted by molar-refractivity contribution is -0.137. The Morgan fingerprint density at radius 1 is 0.776 bits per heavy atom. The fourth-order valence-electron chi connectivity index (χ4n) is 6.11. The Bertz CT molecular complexity index is 2040. The molecule has 0 fully saturated rings. The largest absolute Gasteiger partial charge is 0.481 e. The fraction of sp³-hybridized carbons (Fsp3) is 0.308. The second kappa shape index (κ2) is 16.1. The molecule has 0 saturated heterocycles. The van der Waals surface area contributed by atoms with Crippen molar-refractivity contribution in [1.82, 2.24) is 25.3 Å². The summed E-state index contributed by atoms with van der Waals surface area (Å²) >= 11 is 0. The predicted molar refractivity (Wildman–Crippen MR) is 198 cm³/mol. The van der Waals surface area contributed by atoms with Crippen molar-refractivity contribution in [2.45, 2.75) is 73.1 Å². The highest BCUT2D eigenvalue weighted by Crippen LogP contribution is 2.36. The van der Waals surface area contributed by atoms with E-state index in [1.165, 1.54) is 0 Å². The molecule has 5 N–H and O–H groups in total. The Hall–Kier alpha value is -5.51. The lowest BCUT2D eigenvalue weighted by Crippen LogP contribution is -2.11. The molecule has 0 aliphatic carbocycles. The number of rotatable bonds is 12. The molecule has 10 nitrogen and oxygen atoms in total. The highest BCUT2D eigenvalue weighted by molar-refractivity contribution is 5.98. The number of carbonyl (C=O) groups is 3. The maximum atomic E-state index is 11.5. The number of aryl methyl sites for hydroxylation is 3. The normalized spacial score (nSPS) is 12.3. The number of hydrogen-bond donors (Lipinski definition) is 5. The molecule has 0 atom stereocenters. The van der Waals surface area contributed by atoms with E-state index in [1.807, 2.05) is 58.0 Å². The molecule has 0 unspecified atom stereocenters. The number of nitrogens with zero attached hydrogens (tertiary/aromatic N) is 2. The van der Waals surface area contributed by atoms with Gasteiger partial charge < -0.3 is 25.5 Å². The first-order valence-electron chi connectivity index (χ1n) is 16.5. The van der Waals surface area contributed by atoms with Gasteiger partial charge in [0.2, 0.25) is 6.41 Å². The van der Waals surface area contributed by atoms with Crippen LogP contribution < -0.4 is 5.32 Å². The molecule has 3 aromatic rings. The standard InChI is InChI=1S/C34H34N4O4.C5H11NO/c1-7-21-17(3)25-13-26-19(5)23(9-11-33(39)40)31(37-26)16-32-24(10-12-34(41)42)20(6)28(38-32)15-30-22(8-2)18(4)27(36-30)14-29(21)35-25;1-2-3-4-6-5-7/h7-8,13-16,35,38H,1-2,9-12H2,3-6H3,(H,39,40)(H,41,42);5H,2-4H2,1H3,(H,6,7). The number of carbonyl (C=O) groups excluding carboxylic acids is 1. The lowest BCUT2D eigenvalue weighted by Gasteiger charge is -2.03. The number of fused-ring (bicyclic) bond motifs is 8. The minimum atomic E-state index is -0.883. The molecule has 0 aromatic carbocycles. The Morgan fingerprint density at radius 2 is 1.35 bits per heavy atom. The minimum absolute atomic E-state index is 0.0259. The number of carboxylic acids is 2. The molecular weight excluding hydrogens is 618 g/mol. The summed E-state index contributed by atoms with van der Waals surface area (Å²) in [6, 6.07) is 7.88. The number of H-pyrrole nitrogens is 2. The van der Waals surface area contributed by atoms with Gasteiger partial charge in [0.1, 0.15) is 0 Å².